The normalized spacial score (nSPS) is 37.6. The molecule has 0 bridgehead atoms. The Morgan fingerprint density at radius 2 is 1.48 bits per heavy atom. The van der Waals surface area contributed by atoms with Gasteiger partial charge in [-0.3, -0.25) is 0 Å². The van der Waals surface area contributed by atoms with E-state index in [0.717, 1.165) is 31.8 Å². The van der Waals surface area contributed by atoms with Crippen LogP contribution in [0.1, 0.15) is 32.1 Å². The Morgan fingerprint density at radius 1 is 0.889 bits per heavy atom. The Kier molecular flexibility index (Phi) is 8.21. The van der Waals surface area contributed by atoms with Gasteiger partial charge < -0.3 is 23.7 Å². The summed E-state index contributed by atoms with van der Waals surface area (Å²) in [7, 11) is 0. The fraction of sp³-hybridized carbons (Fsp3) is 0.800. The summed E-state index contributed by atoms with van der Waals surface area (Å²) in [4.78, 5) is 0. The van der Waals surface area contributed by atoms with Crippen molar-refractivity contribution in [2.75, 3.05) is 33.0 Å². The van der Waals surface area contributed by atoms with Crippen molar-refractivity contribution in [3.8, 4) is 0 Å². The van der Waals surface area contributed by atoms with Crippen molar-refractivity contribution < 1.29 is 32.5 Å². The van der Waals surface area contributed by atoms with Crippen molar-refractivity contribution in [1.82, 2.24) is 0 Å². The van der Waals surface area contributed by atoms with Crippen molar-refractivity contribution >= 4 is 0 Å². The highest BCUT2D eigenvalue weighted by Crippen LogP contribution is 2.36. The van der Waals surface area contributed by atoms with Gasteiger partial charge in [0.2, 0.25) is 0 Å². The van der Waals surface area contributed by atoms with Crippen molar-refractivity contribution in [3.63, 3.8) is 0 Å². The predicted octanol–water partition coefficient (Wildman–Crippen LogP) is 3.90. The SMILES string of the molecule is C=CCOC1COC(C2COC(C3CCC(CC=C(F)F)CC3)OC2)OC1. The molecule has 0 aromatic carbocycles. The zero-order valence-corrected chi connectivity index (χ0v) is 15.7. The molecule has 1 aliphatic carbocycles. The van der Waals surface area contributed by atoms with Gasteiger partial charge >= 0.3 is 0 Å². The monoisotopic (exact) mass is 388 g/mol. The molecule has 0 amide bonds. The summed E-state index contributed by atoms with van der Waals surface area (Å²) in [6.45, 7) is 6.20. The average Bonchev–Trinajstić information content (AvgIpc) is 2.72. The van der Waals surface area contributed by atoms with Gasteiger partial charge in [-0.25, -0.2) is 0 Å². The Balaban J connectivity index is 1.34. The molecule has 0 spiro atoms. The molecule has 0 aromatic rings. The Morgan fingerprint density at radius 3 is 2.07 bits per heavy atom. The van der Waals surface area contributed by atoms with E-state index in [1.807, 2.05) is 0 Å². The van der Waals surface area contributed by atoms with Gasteiger partial charge in [0, 0.05) is 5.92 Å². The van der Waals surface area contributed by atoms with E-state index < -0.39 is 6.08 Å². The molecule has 27 heavy (non-hydrogen) atoms. The maximum atomic E-state index is 12.2. The van der Waals surface area contributed by atoms with Crippen molar-refractivity contribution in [2.24, 2.45) is 17.8 Å². The van der Waals surface area contributed by atoms with Gasteiger partial charge in [0.1, 0.15) is 6.10 Å². The third kappa shape index (κ3) is 6.32. The van der Waals surface area contributed by atoms with Crippen LogP contribution in [-0.4, -0.2) is 51.7 Å². The standard InChI is InChI=1S/C20H30F2O5/c1-2-9-23-17-12-26-20(27-13-17)16-10-24-19(25-11-16)15-6-3-14(4-7-15)5-8-18(21)22/h2,8,14-17,19-20H,1,3-7,9-13H2. The number of halogens is 2. The molecule has 3 fully saturated rings. The zero-order valence-electron chi connectivity index (χ0n) is 15.7. The van der Waals surface area contributed by atoms with Crippen LogP contribution in [0.25, 0.3) is 0 Å². The highest BCUT2D eigenvalue weighted by Gasteiger charge is 2.37. The molecule has 2 aliphatic heterocycles. The topological polar surface area (TPSA) is 46.2 Å². The number of hydrogen-bond donors (Lipinski definition) is 0. The highest BCUT2D eigenvalue weighted by atomic mass is 19.3. The molecule has 3 aliphatic rings. The third-order valence-corrected chi connectivity index (χ3v) is 5.56. The first-order valence-corrected chi connectivity index (χ1v) is 9.85. The summed E-state index contributed by atoms with van der Waals surface area (Å²) in [5.74, 6) is 0.737. The van der Waals surface area contributed by atoms with Crippen molar-refractivity contribution in [1.29, 1.82) is 0 Å². The Bertz CT molecular complexity index is 473. The van der Waals surface area contributed by atoms with Crippen LogP contribution >= 0.6 is 0 Å². The predicted molar refractivity (Wildman–Crippen MR) is 95.2 cm³/mol. The molecule has 154 valence electrons. The lowest BCUT2D eigenvalue weighted by Gasteiger charge is -2.40. The molecule has 2 heterocycles. The van der Waals surface area contributed by atoms with E-state index in [1.54, 1.807) is 6.08 Å². The molecule has 0 unspecified atom stereocenters. The number of allylic oxidation sites excluding steroid dienone is 1. The molecular formula is C20H30F2O5. The van der Waals surface area contributed by atoms with Gasteiger partial charge in [-0.2, -0.15) is 8.78 Å². The zero-order chi connectivity index (χ0) is 19.1. The number of hydrogen-bond acceptors (Lipinski definition) is 5. The summed E-state index contributed by atoms with van der Waals surface area (Å²) in [5.41, 5.74) is 0. The number of ether oxygens (including phenoxy) is 5. The lowest BCUT2D eigenvalue weighted by molar-refractivity contribution is -0.297. The molecule has 2 saturated heterocycles. The van der Waals surface area contributed by atoms with E-state index >= 15 is 0 Å². The van der Waals surface area contributed by atoms with Gasteiger partial charge in [0.25, 0.3) is 6.08 Å². The molecule has 0 radical (unpaired) electrons. The van der Waals surface area contributed by atoms with Crippen molar-refractivity contribution in [2.45, 2.75) is 50.8 Å². The third-order valence-electron chi connectivity index (χ3n) is 5.56. The lowest BCUT2D eigenvalue weighted by Crippen LogP contribution is -2.47. The molecule has 5 nitrogen and oxygen atoms in total. The molecule has 3 rings (SSSR count). The smallest absolute Gasteiger partial charge is 0.266 e. The summed E-state index contributed by atoms with van der Waals surface area (Å²) in [6, 6.07) is 0. The van der Waals surface area contributed by atoms with Crippen LogP contribution in [0, 0.1) is 17.8 Å². The summed E-state index contributed by atoms with van der Waals surface area (Å²) >= 11 is 0. The van der Waals surface area contributed by atoms with E-state index in [1.165, 1.54) is 0 Å². The first-order valence-electron chi connectivity index (χ1n) is 9.85. The molecule has 7 heteroatoms. The maximum absolute atomic E-state index is 12.2. The minimum Gasteiger partial charge on any atom is -0.369 e. The number of rotatable bonds is 7. The van der Waals surface area contributed by atoms with Crippen LogP contribution in [-0.2, 0) is 23.7 Å². The first kappa shape index (κ1) is 20.9. The van der Waals surface area contributed by atoms with Crippen LogP contribution in [0.5, 0.6) is 0 Å². The van der Waals surface area contributed by atoms with E-state index in [0.29, 0.717) is 51.3 Å². The minimum absolute atomic E-state index is 0.0515. The van der Waals surface area contributed by atoms with Gasteiger partial charge in [0.15, 0.2) is 12.6 Å². The van der Waals surface area contributed by atoms with E-state index in [9.17, 15) is 8.78 Å². The second-order valence-electron chi connectivity index (χ2n) is 7.58. The second kappa shape index (κ2) is 10.6. The van der Waals surface area contributed by atoms with Crippen LogP contribution in [0.3, 0.4) is 0 Å². The summed E-state index contributed by atoms with van der Waals surface area (Å²) in [5, 5.41) is 0. The summed E-state index contributed by atoms with van der Waals surface area (Å²) < 4.78 is 53.4. The molecule has 1 saturated carbocycles. The van der Waals surface area contributed by atoms with E-state index in [2.05, 4.69) is 6.58 Å². The van der Waals surface area contributed by atoms with Gasteiger partial charge in [0.05, 0.1) is 39.0 Å². The van der Waals surface area contributed by atoms with Crippen LogP contribution in [0.2, 0.25) is 0 Å². The van der Waals surface area contributed by atoms with Gasteiger partial charge in [-0.15, -0.1) is 6.58 Å². The summed E-state index contributed by atoms with van der Waals surface area (Å²) in [6.07, 6.45) is 4.86. The van der Waals surface area contributed by atoms with Crippen LogP contribution < -0.4 is 0 Å². The van der Waals surface area contributed by atoms with Crippen LogP contribution in [0.15, 0.2) is 24.8 Å². The first-order chi connectivity index (χ1) is 13.2. The quantitative estimate of drug-likeness (QED) is 0.619. The van der Waals surface area contributed by atoms with E-state index in [-0.39, 0.29) is 24.6 Å². The van der Waals surface area contributed by atoms with Gasteiger partial charge in [-0.1, -0.05) is 6.08 Å². The second-order valence-corrected chi connectivity index (χ2v) is 7.58. The van der Waals surface area contributed by atoms with Crippen molar-refractivity contribution in [3.05, 3.63) is 24.8 Å². The maximum Gasteiger partial charge on any atom is 0.266 e. The highest BCUT2D eigenvalue weighted by molar-refractivity contribution is 4.86. The fourth-order valence-corrected chi connectivity index (χ4v) is 3.99. The average molecular weight is 388 g/mol. The fourth-order valence-electron chi connectivity index (χ4n) is 3.99. The van der Waals surface area contributed by atoms with Gasteiger partial charge in [-0.05, 0) is 44.1 Å². The van der Waals surface area contributed by atoms with Crippen LogP contribution in [0.4, 0.5) is 8.78 Å². The largest absolute Gasteiger partial charge is 0.369 e. The lowest BCUT2D eigenvalue weighted by atomic mass is 9.80. The molecule has 0 atom stereocenters. The van der Waals surface area contributed by atoms with E-state index in [4.69, 9.17) is 23.7 Å². The molecular weight excluding hydrogens is 358 g/mol. The molecule has 0 aromatic heterocycles. The minimum atomic E-state index is -1.58. The Hall–Kier alpha value is -0.860. The Labute approximate surface area is 159 Å². The molecule has 0 N–H and O–H groups in total.